The second-order valence-electron chi connectivity index (χ2n) is 4.57. The molecule has 84 valence electrons. The quantitative estimate of drug-likeness (QED) is 0.709. The van der Waals surface area contributed by atoms with Crippen molar-refractivity contribution in [1.82, 2.24) is 10.3 Å². The summed E-state index contributed by atoms with van der Waals surface area (Å²) in [5, 5.41) is 3.61. The van der Waals surface area contributed by atoms with Crippen LogP contribution in [0.3, 0.4) is 0 Å². The first-order valence-corrected chi connectivity index (χ1v) is 5.92. The highest BCUT2D eigenvalue weighted by Gasteiger charge is 2.23. The van der Waals surface area contributed by atoms with Gasteiger partial charge in [0.2, 0.25) is 0 Å². The van der Waals surface area contributed by atoms with E-state index in [9.17, 15) is 0 Å². The van der Waals surface area contributed by atoms with Gasteiger partial charge in [0.25, 0.3) is 0 Å². The van der Waals surface area contributed by atoms with Crippen molar-refractivity contribution in [3.05, 3.63) is 24.0 Å². The maximum absolute atomic E-state index is 6.11. The minimum Gasteiger partial charge on any atom is -0.364 e. The largest absolute Gasteiger partial charge is 0.364 e. The highest BCUT2D eigenvalue weighted by atomic mass is 15.0. The first-order chi connectivity index (χ1) is 7.27. The van der Waals surface area contributed by atoms with E-state index in [-0.39, 0.29) is 0 Å². The van der Waals surface area contributed by atoms with Crippen molar-refractivity contribution < 1.29 is 0 Å². The monoisotopic (exact) mass is 207 g/mol. The molecule has 0 unspecified atom stereocenters. The zero-order valence-corrected chi connectivity index (χ0v) is 9.37. The molecule has 15 heavy (non-hydrogen) atoms. The van der Waals surface area contributed by atoms with Gasteiger partial charge in [-0.1, -0.05) is 12.8 Å². The highest BCUT2D eigenvalue weighted by Crippen LogP contribution is 2.20. The van der Waals surface area contributed by atoms with E-state index in [1.165, 1.54) is 25.0 Å². The minimum atomic E-state index is 0.330. The fourth-order valence-corrected chi connectivity index (χ4v) is 2.39. The summed E-state index contributed by atoms with van der Waals surface area (Å²) >= 11 is 0. The molecule has 1 saturated carbocycles. The molecule has 0 aliphatic heterocycles. The molecule has 1 aromatic rings. The molecule has 2 rings (SSSR count). The summed E-state index contributed by atoms with van der Waals surface area (Å²) in [6.07, 6.45) is 6.94. The molecule has 0 amide bonds. The fourth-order valence-electron chi connectivity index (χ4n) is 2.39. The van der Waals surface area contributed by atoms with E-state index >= 15 is 0 Å². The van der Waals surface area contributed by atoms with Crippen molar-refractivity contribution in [1.29, 1.82) is 0 Å². The molecular formula is C12H21N3. The zero-order chi connectivity index (χ0) is 10.7. The van der Waals surface area contributed by atoms with Crippen molar-refractivity contribution in [3.8, 4) is 0 Å². The Balaban J connectivity index is 1.90. The van der Waals surface area contributed by atoms with Gasteiger partial charge in [-0.15, -0.1) is 0 Å². The topological polar surface area (TPSA) is 53.8 Å². The van der Waals surface area contributed by atoms with Crippen LogP contribution >= 0.6 is 0 Å². The second-order valence-corrected chi connectivity index (χ2v) is 4.57. The van der Waals surface area contributed by atoms with Crippen LogP contribution in [0.1, 0.15) is 44.3 Å². The summed E-state index contributed by atoms with van der Waals surface area (Å²) in [4.78, 5) is 3.24. The van der Waals surface area contributed by atoms with E-state index in [0.29, 0.717) is 18.1 Å². The standard InChI is InChI=1S/C12H21N3/c1-9(11-7-4-8-14-11)15-12-6-3-2-5-10(12)13/h4,7-10,12,14-15H,2-3,5-6,13H2,1H3/t9-,10+,12-/m1/s1. The number of H-pyrrole nitrogens is 1. The van der Waals surface area contributed by atoms with Gasteiger partial charge in [0.05, 0.1) is 0 Å². The molecule has 1 aromatic heterocycles. The maximum atomic E-state index is 6.11. The molecule has 1 aliphatic rings. The van der Waals surface area contributed by atoms with Gasteiger partial charge in [-0.05, 0) is 31.9 Å². The lowest BCUT2D eigenvalue weighted by atomic mass is 9.90. The van der Waals surface area contributed by atoms with Crippen molar-refractivity contribution >= 4 is 0 Å². The summed E-state index contributed by atoms with van der Waals surface area (Å²) in [5.41, 5.74) is 7.35. The lowest BCUT2D eigenvalue weighted by Crippen LogP contribution is -2.47. The predicted molar refractivity (Wildman–Crippen MR) is 62.6 cm³/mol. The van der Waals surface area contributed by atoms with Gasteiger partial charge in [-0.2, -0.15) is 0 Å². The van der Waals surface area contributed by atoms with E-state index in [4.69, 9.17) is 5.73 Å². The van der Waals surface area contributed by atoms with E-state index in [2.05, 4.69) is 23.3 Å². The van der Waals surface area contributed by atoms with Crippen LogP contribution in [0.5, 0.6) is 0 Å². The number of rotatable bonds is 3. The Bertz CT molecular complexity index is 281. The van der Waals surface area contributed by atoms with Crippen LogP contribution in [0.25, 0.3) is 0 Å². The van der Waals surface area contributed by atoms with Crippen molar-refractivity contribution in [3.63, 3.8) is 0 Å². The van der Waals surface area contributed by atoms with E-state index in [1.807, 2.05) is 12.3 Å². The average Bonchev–Trinajstić information content (AvgIpc) is 2.74. The third kappa shape index (κ3) is 2.61. The van der Waals surface area contributed by atoms with Crippen molar-refractivity contribution in [2.24, 2.45) is 5.73 Å². The van der Waals surface area contributed by atoms with Crippen LogP contribution in [0.2, 0.25) is 0 Å². The summed E-state index contributed by atoms with van der Waals surface area (Å²) in [6, 6.07) is 5.34. The lowest BCUT2D eigenvalue weighted by Gasteiger charge is -2.31. The van der Waals surface area contributed by atoms with Crippen LogP contribution in [0.15, 0.2) is 18.3 Å². The number of aromatic amines is 1. The maximum Gasteiger partial charge on any atom is 0.0446 e. The number of nitrogens with two attached hydrogens (primary N) is 1. The van der Waals surface area contributed by atoms with Gasteiger partial charge in [0, 0.05) is 30.0 Å². The molecule has 1 fully saturated rings. The predicted octanol–water partition coefficient (Wildman–Crippen LogP) is 1.94. The Morgan fingerprint density at radius 3 is 2.93 bits per heavy atom. The third-order valence-corrected chi connectivity index (χ3v) is 3.37. The van der Waals surface area contributed by atoms with Crippen LogP contribution in [-0.2, 0) is 0 Å². The van der Waals surface area contributed by atoms with Gasteiger partial charge in [-0.25, -0.2) is 0 Å². The SMILES string of the molecule is C[C@@H](N[C@@H]1CCCC[C@@H]1N)c1ccc[nH]1. The molecule has 0 radical (unpaired) electrons. The molecule has 3 nitrogen and oxygen atoms in total. The van der Waals surface area contributed by atoms with Crippen molar-refractivity contribution in [2.45, 2.75) is 50.7 Å². The molecule has 0 bridgehead atoms. The van der Waals surface area contributed by atoms with Gasteiger partial charge in [0.1, 0.15) is 0 Å². The zero-order valence-electron chi connectivity index (χ0n) is 9.37. The summed E-state index contributed by atoms with van der Waals surface area (Å²) in [7, 11) is 0. The Morgan fingerprint density at radius 2 is 2.27 bits per heavy atom. The van der Waals surface area contributed by atoms with E-state index < -0.39 is 0 Å². The van der Waals surface area contributed by atoms with E-state index in [0.717, 1.165) is 6.42 Å². The molecule has 0 aromatic carbocycles. The Kier molecular flexibility index (Phi) is 3.44. The molecule has 0 saturated heterocycles. The molecule has 0 spiro atoms. The number of hydrogen-bond acceptors (Lipinski definition) is 2. The van der Waals surface area contributed by atoms with Crippen LogP contribution < -0.4 is 11.1 Å². The molecule has 3 atom stereocenters. The summed E-state index contributed by atoms with van der Waals surface area (Å²) in [6.45, 7) is 2.19. The molecule has 4 N–H and O–H groups in total. The molecule has 1 aliphatic carbocycles. The van der Waals surface area contributed by atoms with Gasteiger partial charge in [0.15, 0.2) is 0 Å². The number of aromatic nitrogens is 1. The van der Waals surface area contributed by atoms with Gasteiger partial charge in [-0.3, -0.25) is 0 Å². The molecule has 3 heteroatoms. The number of hydrogen-bond donors (Lipinski definition) is 3. The number of nitrogens with one attached hydrogen (secondary N) is 2. The van der Waals surface area contributed by atoms with Gasteiger partial charge < -0.3 is 16.0 Å². The normalized spacial score (nSPS) is 28.9. The summed E-state index contributed by atoms with van der Waals surface area (Å²) < 4.78 is 0. The highest BCUT2D eigenvalue weighted by molar-refractivity contribution is 5.08. The summed E-state index contributed by atoms with van der Waals surface area (Å²) in [5.74, 6) is 0. The van der Waals surface area contributed by atoms with Crippen molar-refractivity contribution in [2.75, 3.05) is 0 Å². The van der Waals surface area contributed by atoms with Crippen LogP contribution in [0.4, 0.5) is 0 Å². The first-order valence-electron chi connectivity index (χ1n) is 5.92. The average molecular weight is 207 g/mol. The smallest absolute Gasteiger partial charge is 0.0446 e. The second kappa shape index (κ2) is 4.81. The Morgan fingerprint density at radius 1 is 1.47 bits per heavy atom. The first kappa shape index (κ1) is 10.7. The Labute approximate surface area is 91.4 Å². The fraction of sp³-hybridized carbons (Fsp3) is 0.667. The third-order valence-electron chi connectivity index (χ3n) is 3.37. The van der Waals surface area contributed by atoms with E-state index in [1.54, 1.807) is 0 Å². The lowest BCUT2D eigenvalue weighted by molar-refractivity contribution is 0.305. The van der Waals surface area contributed by atoms with Crippen LogP contribution in [0, 0.1) is 0 Å². The van der Waals surface area contributed by atoms with Gasteiger partial charge >= 0.3 is 0 Å². The molecule has 1 heterocycles. The van der Waals surface area contributed by atoms with Crippen LogP contribution in [-0.4, -0.2) is 17.1 Å². The minimum absolute atomic E-state index is 0.330. The Hall–Kier alpha value is -0.800. The molecular weight excluding hydrogens is 186 g/mol.